The number of nitrogen functional groups attached to an aromatic ring is 1. The van der Waals surface area contributed by atoms with Crippen molar-refractivity contribution in [2.75, 3.05) is 5.73 Å². The summed E-state index contributed by atoms with van der Waals surface area (Å²) in [5.74, 6) is 3.32. The maximum absolute atomic E-state index is 10.5. The number of rotatable bonds is 1. The van der Waals surface area contributed by atoms with Crippen molar-refractivity contribution in [1.29, 1.82) is 0 Å². The fraction of sp³-hybridized carbons (Fsp3) is 0. The standard InChI is InChI=1S/C8H6N4O3/c9-7(13)2-1-5-3-6(12(14)15)8(10)11-4-5/h3-4H,(H2,9,13)(H2,10,11). The lowest BCUT2D eigenvalue weighted by molar-refractivity contribution is -0.384. The van der Waals surface area contributed by atoms with Gasteiger partial charge in [-0.05, 0) is 0 Å². The van der Waals surface area contributed by atoms with Crippen molar-refractivity contribution < 1.29 is 9.72 Å². The van der Waals surface area contributed by atoms with Crippen LogP contribution < -0.4 is 11.5 Å². The number of pyridine rings is 1. The molecule has 1 amide bonds. The molecule has 1 aromatic rings. The topological polar surface area (TPSA) is 125 Å². The SMILES string of the molecule is NC(=O)C#Cc1cnc(N)c([N+](=O)[O-])c1. The van der Waals surface area contributed by atoms with E-state index in [2.05, 4.69) is 10.9 Å². The molecular formula is C8H6N4O3. The van der Waals surface area contributed by atoms with Crippen LogP contribution in [-0.2, 0) is 4.79 Å². The first-order valence-electron chi connectivity index (χ1n) is 3.72. The number of carbonyl (C=O) groups is 1. The van der Waals surface area contributed by atoms with Crippen molar-refractivity contribution in [2.24, 2.45) is 5.73 Å². The number of hydrogen-bond donors (Lipinski definition) is 2. The number of amides is 1. The van der Waals surface area contributed by atoms with E-state index in [1.165, 1.54) is 6.20 Å². The van der Waals surface area contributed by atoms with Crippen LogP contribution in [0.15, 0.2) is 12.3 Å². The molecule has 1 aromatic heterocycles. The Hall–Kier alpha value is -2.62. The summed E-state index contributed by atoms with van der Waals surface area (Å²) in [5.41, 5.74) is 9.88. The van der Waals surface area contributed by atoms with Crippen LogP contribution in [0.25, 0.3) is 0 Å². The number of anilines is 1. The van der Waals surface area contributed by atoms with Gasteiger partial charge in [-0.25, -0.2) is 4.98 Å². The molecule has 0 aliphatic rings. The lowest BCUT2D eigenvalue weighted by Gasteiger charge is -1.95. The fourth-order valence-corrected chi connectivity index (χ4v) is 0.812. The molecule has 0 aromatic carbocycles. The second-order valence-electron chi connectivity index (χ2n) is 2.50. The van der Waals surface area contributed by atoms with Gasteiger partial charge in [0.25, 0.3) is 5.91 Å². The monoisotopic (exact) mass is 206 g/mol. The van der Waals surface area contributed by atoms with Gasteiger partial charge in [-0.3, -0.25) is 14.9 Å². The Morgan fingerprint density at radius 3 is 2.80 bits per heavy atom. The van der Waals surface area contributed by atoms with Gasteiger partial charge in [0.1, 0.15) is 0 Å². The minimum atomic E-state index is -0.825. The van der Waals surface area contributed by atoms with Crippen LogP contribution >= 0.6 is 0 Å². The molecule has 4 N–H and O–H groups in total. The first-order chi connectivity index (χ1) is 7.00. The average Bonchev–Trinajstić information content (AvgIpc) is 2.16. The Balaban J connectivity index is 3.15. The predicted molar refractivity (Wildman–Crippen MR) is 51.4 cm³/mol. The van der Waals surface area contributed by atoms with Crippen molar-refractivity contribution >= 4 is 17.4 Å². The number of hydrogen-bond acceptors (Lipinski definition) is 5. The van der Waals surface area contributed by atoms with Crippen molar-refractivity contribution in [3.63, 3.8) is 0 Å². The maximum Gasteiger partial charge on any atom is 0.312 e. The van der Waals surface area contributed by atoms with Gasteiger partial charge in [-0.1, -0.05) is 5.92 Å². The molecule has 0 aliphatic heterocycles. The van der Waals surface area contributed by atoms with Gasteiger partial charge in [-0.15, -0.1) is 0 Å². The molecule has 0 atom stereocenters. The van der Waals surface area contributed by atoms with E-state index >= 15 is 0 Å². The zero-order valence-electron chi connectivity index (χ0n) is 7.43. The third-order valence-corrected chi connectivity index (χ3v) is 1.42. The van der Waals surface area contributed by atoms with Crippen LogP contribution in [0.2, 0.25) is 0 Å². The zero-order chi connectivity index (χ0) is 11.4. The molecule has 1 heterocycles. The largest absolute Gasteiger partial charge is 0.378 e. The third kappa shape index (κ3) is 2.67. The Morgan fingerprint density at radius 1 is 1.60 bits per heavy atom. The molecule has 7 nitrogen and oxygen atoms in total. The second kappa shape index (κ2) is 4.06. The molecule has 0 saturated carbocycles. The summed E-state index contributed by atoms with van der Waals surface area (Å²) >= 11 is 0. The van der Waals surface area contributed by atoms with Crippen LogP contribution in [0.1, 0.15) is 5.56 Å². The van der Waals surface area contributed by atoms with E-state index in [9.17, 15) is 14.9 Å². The molecule has 0 fully saturated rings. The molecule has 0 radical (unpaired) electrons. The molecular weight excluding hydrogens is 200 g/mol. The van der Waals surface area contributed by atoms with Gasteiger partial charge in [0.05, 0.1) is 10.5 Å². The van der Waals surface area contributed by atoms with Gasteiger partial charge >= 0.3 is 5.69 Å². The summed E-state index contributed by atoms with van der Waals surface area (Å²) in [6.45, 7) is 0. The van der Waals surface area contributed by atoms with Gasteiger partial charge in [0, 0.05) is 18.2 Å². The highest BCUT2D eigenvalue weighted by Gasteiger charge is 2.12. The number of nitrogens with two attached hydrogens (primary N) is 2. The van der Waals surface area contributed by atoms with Crippen LogP contribution in [0, 0.1) is 22.0 Å². The summed E-state index contributed by atoms with van der Waals surface area (Å²) in [6, 6.07) is 1.12. The van der Waals surface area contributed by atoms with E-state index in [1.807, 2.05) is 5.92 Å². The van der Waals surface area contributed by atoms with Crippen LogP contribution in [0.4, 0.5) is 11.5 Å². The summed E-state index contributed by atoms with van der Waals surface area (Å²) in [7, 11) is 0. The Kier molecular flexibility index (Phi) is 2.83. The number of primary amides is 1. The summed E-state index contributed by atoms with van der Waals surface area (Å²) in [5, 5.41) is 10.5. The fourth-order valence-electron chi connectivity index (χ4n) is 0.812. The molecule has 1 rings (SSSR count). The van der Waals surface area contributed by atoms with Gasteiger partial charge in [-0.2, -0.15) is 0 Å². The molecule has 0 aliphatic carbocycles. The first kappa shape index (κ1) is 10.5. The number of nitrogens with zero attached hydrogens (tertiary/aromatic N) is 2. The second-order valence-corrected chi connectivity index (χ2v) is 2.50. The summed E-state index contributed by atoms with van der Waals surface area (Å²) in [6.07, 6.45) is 1.22. The number of aromatic nitrogens is 1. The highest BCUT2D eigenvalue weighted by atomic mass is 16.6. The minimum Gasteiger partial charge on any atom is -0.378 e. The molecule has 0 unspecified atom stereocenters. The minimum absolute atomic E-state index is 0.203. The molecule has 0 saturated heterocycles. The van der Waals surface area contributed by atoms with Crippen LogP contribution in [0.3, 0.4) is 0 Å². The first-order valence-corrected chi connectivity index (χ1v) is 3.72. The molecule has 15 heavy (non-hydrogen) atoms. The van der Waals surface area contributed by atoms with E-state index < -0.39 is 10.8 Å². The molecule has 0 spiro atoms. The quantitative estimate of drug-likeness (QED) is 0.361. The van der Waals surface area contributed by atoms with E-state index in [0.29, 0.717) is 0 Å². The van der Waals surface area contributed by atoms with Gasteiger partial charge < -0.3 is 11.5 Å². The highest BCUT2D eigenvalue weighted by Crippen LogP contribution is 2.18. The van der Waals surface area contributed by atoms with Crippen molar-refractivity contribution in [2.45, 2.75) is 0 Å². The number of carbonyl (C=O) groups excluding carboxylic acids is 1. The predicted octanol–water partition coefficient (Wildman–Crippen LogP) is -0.591. The summed E-state index contributed by atoms with van der Waals surface area (Å²) < 4.78 is 0. The average molecular weight is 206 g/mol. The Bertz CT molecular complexity index is 486. The van der Waals surface area contributed by atoms with Gasteiger partial charge in [0.15, 0.2) is 0 Å². The molecule has 7 heteroatoms. The lowest BCUT2D eigenvalue weighted by atomic mass is 10.2. The lowest BCUT2D eigenvalue weighted by Crippen LogP contribution is -2.06. The van der Waals surface area contributed by atoms with E-state index in [1.54, 1.807) is 0 Å². The summed E-state index contributed by atoms with van der Waals surface area (Å²) in [4.78, 5) is 23.7. The van der Waals surface area contributed by atoms with Crippen molar-refractivity contribution in [3.8, 4) is 11.8 Å². The smallest absolute Gasteiger partial charge is 0.312 e. The van der Waals surface area contributed by atoms with Crippen LogP contribution in [-0.4, -0.2) is 15.8 Å². The Morgan fingerprint density at radius 2 is 2.27 bits per heavy atom. The number of nitro groups is 1. The zero-order valence-corrected chi connectivity index (χ0v) is 7.43. The van der Waals surface area contributed by atoms with Crippen molar-refractivity contribution in [3.05, 3.63) is 27.9 Å². The van der Waals surface area contributed by atoms with Gasteiger partial charge in [0.2, 0.25) is 5.82 Å². The van der Waals surface area contributed by atoms with E-state index in [4.69, 9.17) is 11.5 Å². The van der Waals surface area contributed by atoms with Crippen molar-refractivity contribution in [1.82, 2.24) is 4.98 Å². The van der Waals surface area contributed by atoms with Crippen LogP contribution in [0.5, 0.6) is 0 Å². The normalized spacial score (nSPS) is 8.80. The molecule has 76 valence electrons. The Labute approximate surface area is 84.2 Å². The molecule has 0 bridgehead atoms. The third-order valence-electron chi connectivity index (χ3n) is 1.42. The highest BCUT2D eigenvalue weighted by molar-refractivity contribution is 5.92. The van der Waals surface area contributed by atoms with E-state index in [-0.39, 0.29) is 17.1 Å². The maximum atomic E-state index is 10.5. The van der Waals surface area contributed by atoms with E-state index in [0.717, 1.165) is 6.07 Å².